The Hall–Kier alpha value is -2.23. The molecule has 2 atom stereocenters. The van der Waals surface area contributed by atoms with Gasteiger partial charge in [-0.15, -0.1) is 0 Å². The van der Waals surface area contributed by atoms with Crippen LogP contribution in [-0.2, 0) is 11.3 Å². The number of carbonyl (C=O) groups is 1. The van der Waals surface area contributed by atoms with E-state index in [9.17, 15) is 18.0 Å². The van der Waals surface area contributed by atoms with Crippen LogP contribution in [0.1, 0.15) is 18.9 Å². The van der Waals surface area contributed by atoms with Crippen LogP contribution in [0.4, 0.5) is 18.0 Å². The molecule has 0 aliphatic rings. The molecular formula is C14H15F3N2O2. The van der Waals surface area contributed by atoms with Crippen molar-refractivity contribution in [2.24, 2.45) is 5.92 Å². The van der Waals surface area contributed by atoms with Crippen molar-refractivity contribution in [3.05, 3.63) is 35.9 Å². The molecule has 1 N–H and O–H groups in total. The van der Waals surface area contributed by atoms with Crippen molar-refractivity contribution in [2.75, 3.05) is 0 Å². The average Bonchev–Trinajstić information content (AvgIpc) is 2.44. The first-order chi connectivity index (χ1) is 9.88. The van der Waals surface area contributed by atoms with Gasteiger partial charge in [0.2, 0.25) is 0 Å². The number of halogens is 3. The van der Waals surface area contributed by atoms with Gasteiger partial charge in [0, 0.05) is 0 Å². The average molecular weight is 300 g/mol. The highest BCUT2D eigenvalue weighted by Crippen LogP contribution is 2.31. The van der Waals surface area contributed by atoms with Gasteiger partial charge in [0.1, 0.15) is 12.6 Å². The van der Waals surface area contributed by atoms with Crippen molar-refractivity contribution in [3.8, 4) is 6.07 Å². The van der Waals surface area contributed by atoms with Gasteiger partial charge in [-0.3, -0.25) is 0 Å². The summed E-state index contributed by atoms with van der Waals surface area (Å²) in [6, 6.07) is 8.47. The lowest BCUT2D eigenvalue weighted by molar-refractivity contribution is -0.178. The maximum atomic E-state index is 12.7. The summed E-state index contributed by atoms with van der Waals surface area (Å²) >= 11 is 0. The summed E-state index contributed by atoms with van der Waals surface area (Å²) in [6.45, 7) is 1.23. The highest BCUT2D eigenvalue weighted by atomic mass is 19.4. The standard InChI is InChI=1S/C14H15F3N2O2/c1-2-11(14(15,16)17)12(8-18)19-13(20)21-9-10-6-4-3-5-7-10/h3-7,11-12H,2,9H2,1H3,(H,19,20). The van der Waals surface area contributed by atoms with Crippen LogP contribution in [0, 0.1) is 17.2 Å². The molecule has 0 aliphatic carbocycles. The van der Waals surface area contributed by atoms with E-state index in [0.717, 1.165) is 0 Å². The maximum absolute atomic E-state index is 12.7. The number of nitrogens with one attached hydrogen (secondary N) is 1. The van der Waals surface area contributed by atoms with Gasteiger partial charge in [-0.25, -0.2) is 4.79 Å². The van der Waals surface area contributed by atoms with Crippen LogP contribution < -0.4 is 5.32 Å². The van der Waals surface area contributed by atoms with E-state index in [1.54, 1.807) is 30.3 Å². The molecule has 4 nitrogen and oxygen atoms in total. The van der Waals surface area contributed by atoms with Crippen molar-refractivity contribution in [1.82, 2.24) is 5.32 Å². The molecule has 0 saturated heterocycles. The number of hydrogen-bond acceptors (Lipinski definition) is 3. The molecule has 0 fully saturated rings. The third-order valence-electron chi connectivity index (χ3n) is 2.89. The minimum absolute atomic E-state index is 0.0758. The van der Waals surface area contributed by atoms with E-state index in [1.165, 1.54) is 13.0 Å². The zero-order valence-corrected chi connectivity index (χ0v) is 11.4. The van der Waals surface area contributed by atoms with Gasteiger partial charge in [0.05, 0.1) is 12.0 Å². The van der Waals surface area contributed by atoms with Gasteiger partial charge < -0.3 is 10.1 Å². The Balaban J connectivity index is 2.57. The van der Waals surface area contributed by atoms with Crippen LogP contribution in [-0.4, -0.2) is 18.3 Å². The number of amides is 1. The summed E-state index contributed by atoms with van der Waals surface area (Å²) in [6.07, 6.45) is -5.91. The van der Waals surface area contributed by atoms with Gasteiger partial charge in [0.15, 0.2) is 0 Å². The first-order valence-electron chi connectivity index (χ1n) is 6.32. The van der Waals surface area contributed by atoms with E-state index >= 15 is 0 Å². The van der Waals surface area contributed by atoms with E-state index in [4.69, 9.17) is 10.00 Å². The smallest absolute Gasteiger partial charge is 0.408 e. The number of alkyl halides is 3. The second-order valence-electron chi connectivity index (χ2n) is 4.37. The lowest BCUT2D eigenvalue weighted by atomic mass is 9.97. The van der Waals surface area contributed by atoms with Crippen molar-refractivity contribution >= 4 is 6.09 Å². The number of benzene rings is 1. The predicted octanol–water partition coefficient (Wildman–Crippen LogP) is 3.39. The monoisotopic (exact) mass is 300 g/mol. The molecule has 1 amide bonds. The molecule has 1 rings (SSSR count). The molecule has 0 bridgehead atoms. The molecule has 0 aliphatic heterocycles. The van der Waals surface area contributed by atoms with Gasteiger partial charge in [-0.05, 0) is 12.0 Å². The fourth-order valence-electron chi connectivity index (χ4n) is 1.77. The number of rotatable bonds is 5. The normalized spacial score (nSPS) is 13.9. The molecule has 21 heavy (non-hydrogen) atoms. The second kappa shape index (κ2) is 7.53. The van der Waals surface area contributed by atoms with Crippen molar-refractivity contribution in [3.63, 3.8) is 0 Å². The van der Waals surface area contributed by atoms with E-state index in [1.807, 2.05) is 5.32 Å². The van der Waals surface area contributed by atoms with E-state index < -0.39 is 24.2 Å². The summed E-state index contributed by atoms with van der Waals surface area (Å²) in [5, 5.41) is 10.8. The molecule has 0 radical (unpaired) electrons. The number of ether oxygens (including phenoxy) is 1. The predicted molar refractivity (Wildman–Crippen MR) is 69.0 cm³/mol. The molecule has 7 heteroatoms. The highest BCUT2D eigenvalue weighted by Gasteiger charge is 2.44. The minimum Gasteiger partial charge on any atom is -0.445 e. The van der Waals surface area contributed by atoms with Crippen molar-refractivity contribution < 1.29 is 22.7 Å². The first kappa shape index (κ1) is 16.8. The van der Waals surface area contributed by atoms with Crippen LogP contribution in [0.15, 0.2) is 30.3 Å². The lowest BCUT2D eigenvalue weighted by Crippen LogP contribution is -2.45. The molecule has 1 aromatic carbocycles. The van der Waals surface area contributed by atoms with Gasteiger partial charge in [0.25, 0.3) is 0 Å². The Morgan fingerprint density at radius 3 is 2.48 bits per heavy atom. The van der Waals surface area contributed by atoms with Crippen LogP contribution >= 0.6 is 0 Å². The molecule has 114 valence electrons. The van der Waals surface area contributed by atoms with E-state index in [2.05, 4.69) is 0 Å². The van der Waals surface area contributed by atoms with Crippen molar-refractivity contribution in [1.29, 1.82) is 5.26 Å². The van der Waals surface area contributed by atoms with Crippen LogP contribution in [0.3, 0.4) is 0 Å². The summed E-state index contributed by atoms with van der Waals surface area (Å²) in [5.41, 5.74) is 0.698. The Kier molecular flexibility index (Phi) is 6.03. The lowest BCUT2D eigenvalue weighted by Gasteiger charge is -2.23. The molecule has 1 aromatic rings. The Morgan fingerprint density at radius 2 is 2.00 bits per heavy atom. The number of alkyl carbamates (subject to hydrolysis) is 1. The zero-order chi connectivity index (χ0) is 15.9. The molecule has 0 saturated carbocycles. The summed E-state index contributed by atoms with van der Waals surface area (Å²) < 4.78 is 42.9. The summed E-state index contributed by atoms with van der Waals surface area (Å²) in [7, 11) is 0. The quantitative estimate of drug-likeness (QED) is 0.906. The fraction of sp³-hybridized carbons (Fsp3) is 0.429. The summed E-state index contributed by atoms with van der Waals surface area (Å²) in [5.74, 6) is -1.92. The fourth-order valence-corrected chi connectivity index (χ4v) is 1.77. The molecule has 2 unspecified atom stereocenters. The van der Waals surface area contributed by atoms with Crippen LogP contribution in [0.2, 0.25) is 0 Å². The Bertz CT molecular complexity index is 497. The van der Waals surface area contributed by atoms with E-state index in [0.29, 0.717) is 5.56 Å². The zero-order valence-electron chi connectivity index (χ0n) is 11.4. The number of hydrogen-bond donors (Lipinski definition) is 1. The third-order valence-corrected chi connectivity index (χ3v) is 2.89. The van der Waals surface area contributed by atoms with Crippen LogP contribution in [0.5, 0.6) is 0 Å². The largest absolute Gasteiger partial charge is 0.445 e. The SMILES string of the molecule is CCC(C(C#N)NC(=O)OCc1ccccc1)C(F)(F)F. The number of nitrogens with zero attached hydrogens (tertiary/aromatic N) is 1. The number of carbonyl (C=O) groups excluding carboxylic acids is 1. The van der Waals surface area contributed by atoms with Crippen molar-refractivity contribution in [2.45, 2.75) is 32.2 Å². The topological polar surface area (TPSA) is 62.1 Å². The molecule has 0 aromatic heterocycles. The molecule has 0 spiro atoms. The van der Waals surface area contributed by atoms with E-state index in [-0.39, 0.29) is 13.0 Å². The molecular weight excluding hydrogens is 285 g/mol. The highest BCUT2D eigenvalue weighted by molar-refractivity contribution is 5.68. The van der Waals surface area contributed by atoms with Gasteiger partial charge in [-0.1, -0.05) is 37.3 Å². The first-order valence-corrected chi connectivity index (χ1v) is 6.32. The van der Waals surface area contributed by atoms with Gasteiger partial charge in [-0.2, -0.15) is 18.4 Å². The van der Waals surface area contributed by atoms with Gasteiger partial charge >= 0.3 is 12.3 Å². The maximum Gasteiger partial charge on any atom is 0.408 e. The second-order valence-corrected chi connectivity index (χ2v) is 4.37. The Labute approximate surface area is 120 Å². The Morgan fingerprint density at radius 1 is 1.38 bits per heavy atom. The molecule has 0 heterocycles. The third kappa shape index (κ3) is 5.34. The number of nitriles is 1. The minimum atomic E-state index is -4.55. The summed E-state index contributed by atoms with van der Waals surface area (Å²) in [4.78, 5) is 11.5. The van der Waals surface area contributed by atoms with Crippen LogP contribution in [0.25, 0.3) is 0 Å².